The van der Waals surface area contributed by atoms with E-state index in [4.69, 9.17) is 23.2 Å². The minimum Gasteiger partial charge on any atom is -0.355 e. The summed E-state index contributed by atoms with van der Waals surface area (Å²) in [4.78, 5) is 12.1. The summed E-state index contributed by atoms with van der Waals surface area (Å²) in [6.07, 6.45) is 4.07. The third-order valence-electron chi connectivity index (χ3n) is 3.24. The molecule has 9 heteroatoms. The van der Waals surface area contributed by atoms with Crippen LogP contribution in [0.4, 0.5) is 0 Å². The molecule has 0 saturated heterocycles. The third-order valence-corrected chi connectivity index (χ3v) is 6.07. The van der Waals surface area contributed by atoms with Crippen molar-refractivity contribution in [2.75, 3.05) is 18.6 Å². The largest absolute Gasteiger partial charge is 0.355 e. The molecule has 0 heterocycles. The van der Waals surface area contributed by atoms with Gasteiger partial charge in [0.2, 0.25) is 15.9 Å². The molecular formula is C15H22Cl2N2O3S2. The Morgan fingerprint density at radius 2 is 2.04 bits per heavy atom. The van der Waals surface area contributed by atoms with Crippen LogP contribution in [-0.4, -0.2) is 38.9 Å². The Morgan fingerprint density at radius 1 is 1.33 bits per heavy atom. The Kier molecular flexibility index (Phi) is 9.44. The summed E-state index contributed by atoms with van der Waals surface area (Å²) in [7, 11) is -3.96. The number of nitrogens with one attached hydrogen (secondary N) is 2. The van der Waals surface area contributed by atoms with Crippen molar-refractivity contribution < 1.29 is 13.2 Å². The molecule has 0 aliphatic rings. The van der Waals surface area contributed by atoms with Crippen molar-refractivity contribution in [2.24, 2.45) is 0 Å². The van der Waals surface area contributed by atoms with E-state index in [1.54, 1.807) is 11.8 Å². The Morgan fingerprint density at radius 3 is 2.67 bits per heavy atom. The number of sulfonamides is 1. The van der Waals surface area contributed by atoms with Crippen LogP contribution in [0, 0.1) is 0 Å². The highest BCUT2D eigenvalue weighted by Gasteiger charge is 2.27. The molecule has 2 N–H and O–H groups in total. The summed E-state index contributed by atoms with van der Waals surface area (Å²) in [5.41, 5.74) is 0. The first kappa shape index (κ1) is 21.6. The van der Waals surface area contributed by atoms with Gasteiger partial charge in [-0.15, -0.1) is 0 Å². The molecule has 1 aromatic carbocycles. The van der Waals surface area contributed by atoms with E-state index >= 15 is 0 Å². The molecule has 5 nitrogen and oxygen atoms in total. The number of benzene rings is 1. The minimum absolute atomic E-state index is 0.0573. The fourth-order valence-electron chi connectivity index (χ4n) is 1.92. The smallest absolute Gasteiger partial charge is 0.242 e. The third kappa shape index (κ3) is 6.80. The summed E-state index contributed by atoms with van der Waals surface area (Å²) in [6.45, 7) is 2.53. The maximum absolute atomic E-state index is 12.6. The van der Waals surface area contributed by atoms with Crippen LogP contribution in [0.15, 0.2) is 23.1 Å². The molecule has 1 rings (SSSR count). The van der Waals surface area contributed by atoms with Gasteiger partial charge < -0.3 is 5.32 Å². The molecule has 136 valence electrons. The zero-order chi connectivity index (χ0) is 18.2. The van der Waals surface area contributed by atoms with Gasteiger partial charge in [-0.05, 0) is 43.0 Å². The van der Waals surface area contributed by atoms with Gasteiger partial charge in [-0.3, -0.25) is 4.79 Å². The molecule has 0 bridgehead atoms. The van der Waals surface area contributed by atoms with Crippen molar-refractivity contribution in [1.82, 2.24) is 10.0 Å². The van der Waals surface area contributed by atoms with Crippen molar-refractivity contribution in [3.63, 3.8) is 0 Å². The van der Waals surface area contributed by atoms with Gasteiger partial charge in [-0.1, -0.05) is 36.5 Å². The van der Waals surface area contributed by atoms with E-state index in [0.29, 0.717) is 18.7 Å². The number of hydrogen-bond donors (Lipinski definition) is 2. The number of hydrogen-bond acceptors (Lipinski definition) is 4. The van der Waals surface area contributed by atoms with Crippen LogP contribution in [0.5, 0.6) is 0 Å². The van der Waals surface area contributed by atoms with Crippen LogP contribution in [0.2, 0.25) is 10.0 Å². The Hall–Kier alpha value is -0.470. The summed E-state index contributed by atoms with van der Waals surface area (Å²) in [6, 6.07) is 3.34. The van der Waals surface area contributed by atoms with E-state index < -0.39 is 16.1 Å². The van der Waals surface area contributed by atoms with E-state index in [9.17, 15) is 13.2 Å². The Balaban J connectivity index is 2.94. The minimum atomic E-state index is -3.96. The van der Waals surface area contributed by atoms with Gasteiger partial charge in [0.1, 0.15) is 10.9 Å². The van der Waals surface area contributed by atoms with Crippen LogP contribution < -0.4 is 10.0 Å². The molecule has 1 atom stereocenters. The molecule has 0 aliphatic carbocycles. The number of halogens is 2. The van der Waals surface area contributed by atoms with Crippen LogP contribution in [-0.2, 0) is 14.8 Å². The van der Waals surface area contributed by atoms with Gasteiger partial charge in [0.05, 0.1) is 5.02 Å². The molecule has 1 unspecified atom stereocenters. The average Bonchev–Trinajstić information content (AvgIpc) is 2.53. The van der Waals surface area contributed by atoms with Crippen molar-refractivity contribution in [3.8, 4) is 0 Å². The standard InChI is InChI=1S/C15H22Cl2N2O3S2/c1-3-4-8-18-15(20)13(7-9-23-2)19-24(21,22)14-10-11(16)5-6-12(14)17/h5-6,10,13,19H,3-4,7-9H2,1-2H3,(H,18,20). The number of carbonyl (C=O) groups is 1. The lowest BCUT2D eigenvalue weighted by atomic mass is 10.2. The molecule has 24 heavy (non-hydrogen) atoms. The van der Waals surface area contributed by atoms with Crippen LogP contribution in [0.25, 0.3) is 0 Å². The molecule has 0 fully saturated rings. The van der Waals surface area contributed by atoms with Crippen molar-refractivity contribution in [1.29, 1.82) is 0 Å². The summed E-state index contributed by atoms with van der Waals surface area (Å²) >= 11 is 13.4. The van der Waals surface area contributed by atoms with Gasteiger partial charge in [0, 0.05) is 11.6 Å². The lowest BCUT2D eigenvalue weighted by Crippen LogP contribution is -2.47. The fourth-order valence-corrected chi connectivity index (χ4v) is 4.39. The predicted octanol–water partition coefficient (Wildman–Crippen LogP) is 3.31. The molecule has 0 aliphatic heterocycles. The summed E-state index contributed by atoms with van der Waals surface area (Å²) in [5.74, 6) is 0.316. The maximum Gasteiger partial charge on any atom is 0.242 e. The normalized spacial score (nSPS) is 12.8. The lowest BCUT2D eigenvalue weighted by Gasteiger charge is -2.18. The second-order valence-electron chi connectivity index (χ2n) is 5.17. The Labute approximate surface area is 157 Å². The number of carbonyl (C=O) groups excluding carboxylic acids is 1. The lowest BCUT2D eigenvalue weighted by molar-refractivity contribution is -0.122. The maximum atomic E-state index is 12.6. The van der Waals surface area contributed by atoms with E-state index in [2.05, 4.69) is 10.0 Å². The van der Waals surface area contributed by atoms with Crippen molar-refractivity contribution in [3.05, 3.63) is 28.2 Å². The fraction of sp³-hybridized carbons (Fsp3) is 0.533. The highest BCUT2D eigenvalue weighted by molar-refractivity contribution is 7.98. The zero-order valence-corrected chi connectivity index (χ0v) is 16.8. The highest BCUT2D eigenvalue weighted by Crippen LogP contribution is 2.25. The molecule has 0 aromatic heterocycles. The van der Waals surface area contributed by atoms with Gasteiger partial charge in [-0.2, -0.15) is 16.5 Å². The van der Waals surface area contributed by atoms with Gasteiger partial charge in [-0.25, -0.2) is 8.42 Å². The molecule has 1 amide bonds. The average molecular weight is 413 g/mol. The van der Waals surface area contributed by atoms with Gasteiger partial charge in [0.15, 0.2) is 0 Å². The first-order chi connectivity index (χ1) is 11.3. The summed E-state index contributed by atoms with van der Waals surface area (Å²) in [5, 5.41) is 3.07. The van der Waals surface area contributed by atoms with Crippen molar-refractivity contribution in [2.45, 2.75) is 37.1 Å². The number of rotatable bonds is 10. The predicted molar refractivity (Wildman–Crippen MR) is 101 cm³/mol. The topological polar surface area (TPSA) is 75.3 Å². The quantitative estimate of drug-likeness (QED) is 0.577. The number of unbranched alkanes of at least 4 members (excludes halogenated alkanes) is 1. The first-order valence-corrected chi connectivity index (χ1v) is 11.2. The molecule has 0 spiro atoms. The molecular weight excluding hydrogens is 391 g/mol. The SMILES string of the molecule is CCCCNC(=O)C(CCSC)NS(=O)(=O)c1cc(Cl)ccc1Cl. The second-order valence-corrected chi connectivity index (χ2v) is 8.69. The monoisotopic (exact) mass is 412 g/mol. The van der Waals surface area contributed by atoms with Gasteiger partial charge >= 0.3 is 0 Å². The molecule has 1 aromatic rings. The number of amides is 1. The Bertz CT molecular complexity index is 654. The van der Waals surface area contributed by atoms with Crippen molar-refractivity contribution >= 4 is 50.9 Å². The molecule has 0 saturated carbocycles. The first-order valence-electron chi connectivity index (χ1n) is 7.55. The van der Waals surface area contributed by atoms with Crippen LogP contribution in [0.3, 0.4) is 0 Å². The zero-order valence-electron chi connectivity index (χ0n) is 13.6. The summed E-state index contributed by atoms with van der Waals surface area (Å²) < 4.78 is 27.6. The van der Waals surface area contributed by atoms with Gasteiger partial charge in [0.25, 0.3) is 0 Å². The second kappa shape index (κ2) is 10.5. The molecule has 0 radical (unpaired) electrons. The van der Waals surface area contributed by atoms with Crippen LogP contribution >= 0.6 is 35.0 Å². The van der Waals surface area contributed by atoms with Crippen LogP contribution in [0.1, 0.15) is 26.2 Å². The van der Waals surface area contributed by atoms with E-state index in [1.165, 1.54) is 18.2 Å². The number of thioether (sulfide) groups is 1. The van der Waals surface area contributed by atoms with E-state index in [-0.39, 0.29) is 20.8 Å². The van der Waals surface area contributed by atoms with E-state index in [0.717, 1.165) is 12.8 Å². The van der Waals surface area contributed by atoms with E-state index in [1.807, 2.05) is 13.2 Å². The highest BCUT2D eigenvalue weighted by atomic mass is 35.5.